The number of carbonyl (C=O) groups excluding carboxylic acids is 1. The lowest BCUT2D eigenvalue weighted by atomic mass is 9.64. The maximum atomic E-state index is 11.9. The Bertz CT molecular complexity index is 271. The van der Waals surface area contributed by atoms with Gasteiger partial charge in [0.05, 0.1) is 6.10 Å². The fourth-order valence-electron chi connectivity index (χ4n) is 2.36. The smallest absolute Gasteiger partial charge is 0.249 e. The highest BCUT2D eigenvalue weighted by molar-refractivity contribution is 5.81. The van der Waals surface area contributed by atoms with Crippen molar-refractivity contribution in [2.45, 2.75) is 57.8 Å². The second kappa shape index (κ2) is 4.34. The van der Waals surface area contributed by atoms with Crippen LogP contribution in [-0.4, -0.2) is 35.9 Å². The van der Waals surface area contributed by atoms with Crippen LogP contribution in [0.15, 0.2) is 0 Å². The van der Waals surface area contributed by atoms with Crippen molar-refractivity contribution in [3.8, 4) is 0 Å². The van der Waals surface area contributed by atoms with Crippen molar-refractivity contribution in [1.82, 2.24) is 5.32 Å². The van der Waals surface area contributed by atoms with Crippen LogP contribution in [0.25, 0.3) is 0 Å². The number of hydrogen-bond acceptors (Lipinski definition) is 3. The van der Waals surface area contributed by atoms with Gasteiger partial charge >= 0.3 is 0 Å². The topological polar surface area (TPSA) is 58.6 Å². The lowest BCUT2D eigenvalue weighted by molar-refractivity contribution is -0.142. The van der Waals surface area contributed by atoms with Gasteiger partial charge in [-0.2, -0.15) is 0 Å². The highest BCUT2D eigenvalue weighted by Gasteiger charge is 2.48. The Hall–Kier alpha value is -0.610. The van der Waals surface area contributed by atoms with E-state index in [9.17, 15) is 9.90 Å². The fraction of sp³-hybridized carbons (Fsp3) is 0.917. The standard InChI is InChI=1S/C12H21NO3/c1-12(2)9(7-10(12)14)13-11(15)8-5-3-4-6-16-8/h8-10,14H,3-7H2,1-2H3,(H,13,15). The molecule has 1 saturated carbocycles. The molecule has 0 aromatic heterocycles. The molecule has 1 heterocycles. The number of ether oxygens (including phenoxy) is 1. The number of amides is 1. The highest BCUT2D eigenvalue weighted by Crippen LogP contribution is 2.40. The predicted molar refractivity (Wildman–Crippen MR) is 59.9 cm³/mol. The molecular formula is C12H21NO3. The second-order valence-electron chi connectivity index (χ2n) is 5.49. The molecule has 3 unspecified atom stereocenters. The van der Waals surface area contributed by atoms with Crippen LogP contribution in [0.1, 0.15) is 39.5 Å². The van der Waals surface area contributed by atoms with Crippen LogP contribution in [0.4, 0.5) is 0 Å². The van der Waals surface area contributed by atoms with Crippen molar-refractivity contribution in [3.63, 3.8) is 0 Å². The van der Waals surface area contributed by atoms with Gasteiger partial charge < -0.3 is 15.2 Å². The Balaban J connectivity index is 1.83. The van der Waals surface area contributed by atoms with Gasteiger partial charge in [0, 0.05) is 18.1 Å². The van der Waals surface area contributed by atoms with Crippen LogP contribution in [0.3, 0.4) is 0 Å². The van der Waals surface area contributed by atoms with E-state index in [-0.39, 0.29) is 29.6 Å². The monoisotopic (exact) mass is 227 g/mol. The second-order valence-corrected chi connectivity index (χ2v) is 5.49. The Morgan fingerprint density at radius 1 is 1.44 bits per heavy atom. The quantitative estimate of drug-likeness (QED) is 0.734. The van der Waals surface area contributed by atoms with E-state index >= 15 is 0 Å². The first-order valence-electron chi connectivity index (χ1n) is 6.12. The average Bonchev–Trinajstić information content (AvgIpc) is 2.29. The fourth-order valence-corrected chi connectivity index (χ4v) is 2.36. The number of hydrogen-bond donors (Lipinski definition) is 2. The first-order valence-corrected chi connectivity index (χ1v) is 6.12. The van der Waals surface area contributed by atoms with Gasteiger partial charge in [0.2, 0.25) is 5.91 Å². The van der Waals surface area contributed by atoms with Crippen LogP contribution < -0.4 is 5.32 Å². The van der Waals surface area contributed by atoms with E-state index in [4.69, 9.17) is 4.74 Å². The van der Waals surface area contributed by atoms with Crippen LogP contribution in [-0.2, 0) is 9.53 Å². The number of rotatable bonds is 2. The Labute approximate surface area is 96.4 Å². The van der Waals surface area contributed by atoms with E-state index < -0.39 is 0 Å². The molecule has 2 fully saturated rings. The van der Waals surface area contributed by atoms with Crippen molar-refractivity contribution in [3.05, 3.63) is 0 Å². The van der Waals surface area contributed by atoms with Gasteiger partial charge in [0.1, 0.15) is 6.10 Å². The molecule has 1 saturated heterocycles. The van der Waals surface area contributed by atoms with Crippen molar-refractivity contribution in [2.24, 2.45) is 5.41 Å². The number of nitrogens with one attached hydrogen (secondary N) is 1. The first kappa shape index (κ1) is 11.9. The lowest BCUT2D eigenvalue weighted by Crippen LogP contribution is -2.62. The zero-order valence-electron chi connectivity index (χ0n) is 10.0. The molecule has 4 heteroatoms. The normalized spacial score (nSPS) is 37.6. The van der Waals surface area contributed by atoms with Gasteiger partial charge in [-0.05, 0) is 25.7 Å². The molecule has 3 atom stereocenters. The first-order chi connectivity index (χ1) is 7.51. The van der Waals surface area contributed by atoms with Gasteiger partial charge in [-0.3, -0.25) is 4.79 Å². The van der Waals surface area contributed by atoms with Crippen molar-refractivity contribution in [1.29, 1.82) is 0 Å². The minimum absolute atomic E-state index is 0.00956. The molecule has 2 N–H and O–H groups in total. The SMILES string of the molecule is CC1(C)C(O)CC1NC(=O)C1CCCCO1. The third-order valence-corrected chi connectivity index (χ3v) is 4.00. The molecule has 1 aliphatic heterocycles. The molecule has 16 heavy (non-hydrogen) atoms. The van der Waals surface area contributed by atoms with Gasteiger partial charge in [-0.25, -0.2) is 0 Å². The summed E-state index contributed by atoms with van der Waals surface area (Å²) >= 11 is 0. The van der Waals surface area contributed by atoms with E-state index in [0.717, 1.165) is 19.3 Å². The third kappa shape index (κ3) is 2.09. The molecule has 0 aromatic rings. The minimum atomic E-state index is -0.301. The van der Waals surface area contributed by atoms with Gasteiger partial charge in [0.15, 0.2) is 0 Å². The van der Waals surface area contributed by atoms with E-state index in [1.807, 2.05) is 13.8 Å². The Kier molecular flexibility index (Phi) is 3.22. The van der Waals surface area contributed by atoms with Crippen LogP contribution in [0.2, 0.25) is 0 Å². The molecule has 2 aliphatic rings. The van der Waals surface area contributed by atoms with Gasteiger partial charge in [0.25, 0.3) is 0 Å². The molecule has 92 valence electrons. The summed E-state index contributed by atoms with van der Waals surface area (Å²) in [6, 6.07) is 0.0838. The summed E-state index contributed by atoms with van der Waals surface area (Å²) in [4.78, 5) is 11.9. The summed E-state index contributed by atoms with van der Waals surface area (Å²) < 4.78 is 5.43. The summed E-state index contributed by atoms with van der Waals surface area (Å²) in [5.74, 6) is -0.00956. The largest absolute Gasteiger partial charge is 0.392 e. The molecule has 0 radical (unpaired) electrons. The summed E-state index contributed by atoms with van der Waals surface area (Å²) in [6.07, 6.45) is 3.02. The zero-order chi connectivity index (χ0) is 11.8. The van der Waals surface area contributed by atoms with E-state index in [2.05, 4.69) is 5.32 Å². The Morgan fingerprint density at radius 2 is 2.19 bits per heavy atom. The molecule has 1 aliphatic carbocycles. The molecule has 2 rings (SSSR count). The van der Waals surface area contributed by atoms with Crippen LogP contribution >= 0.6 is 0 Å². The number of carbonyl (C=O) groups is 1. The average molecular weight is 227 g/mol. The number of aliphatic hydroxyl groups excluding tert-OH is 1. The predicted octanol–water partition coefficient (Wildman–Crippen LogP) is 0.831. The van der Waals surface area contributed by atoms with Gasteiger partial charge in [-0.15, -0.1) is 0 Å². The minimum Gasteiger partial charge on any atom is -0.392 e. The lowest BCUT2D eigenvalue weighted by Gasteiger charge is -2.49. The van der Waals surface area contributed by atoms with Gasteiger partial charge in [-0.1, -0.05) is 13.8 Å². The Morgan fingerprint density at radius 3 is 2.69 bits per heavy atom. The molecule has 0 spiro atoms. The molecular weight excluding hydrogens is 206 g/mol. The van der Waals surface area contributed by atoms with Crippen LogP contribution in [0.5, 0.6) is 0 Å². The molecule has 0 aromatic carbocycles. The number of aliphatic hydroxyl groups is 1. The third-order valence-electron chi connectivity index (χ3n) is 4.00. The van der Waals surface area contributed by atoms with E-state index in [1.54, 1.807) is 0 Å². The molecule has 1 amide bonds. The van der Waals surface area contributed by atoms with Crippen LogP contribution in [0, 0.1) is 5.41 Å². The summed E-state index contributed by atoms with van der Waals surface area (Å²) in [7, 11) is 0. The van der Waals surface area contributed by atoms with Crippen molar-refractivity contribution >= 4 is 5.91 Å². The molecule has 0 bridgehead atoms. The molecule has 4 nitrogen and oxygen atoms in total. The van der Waals surface area contributed by atoms with E-state index in [1.165, 1.54) is 0 Å². The van der Waals surface area contributed by atoms with E-state index in [0.29, 0.717) is 13.0 Å². The van der Waals surface area contributed by atoms with Crippen molar-refractivity contribution < 1.29 is 14.6 Å². The van der Waals surface area contributed by atoms with Crippen molar-refractivity contribution in [2.75, 3.05) is 6.61 Å². The summed E-state index contributed by atoms with van der Waals surface area (Å²) in [6.45, 7) is 4.65. The summed E-state index contributed by atoms with van der Waals surface area (Å²) in [5.41, 5.74) is -0.204. The highest BCUT2D eigenvalue weighted by atomic mass is 16.5. The maximum absolute atomic E-state index is 11.9. The zero-order valence-corrected chi connectivity index (χ0v) is 10.0. The summed E-state index contributed by atoms with van der Waals surface area (Å²) in [5, 5.41) is 12.6. The maximum Gasteiger partial charge on any atom is 0.249 e.